The predicted octanol–water partition coefficient (Wildman–Crippen LogP) is 2.98. The molecule has 0 heterocycles. The van der Waals surface area contributed by atoms with Gasteiger partial charge in [-0.2, -0.15) is 0 Å². The fourth-order valence-electron chi connectivity index (χ4n) is 1.41. The molecule has 0 atom stereocenters. The van der Waals surface area contributed by atoms with E-state index in [2.05, 4.69) is 13.2 Å². The number of rotatable bonds is 10. The van der Waals surface area contributed by atoms with E-state index < -0.39 is 28.9 Å². The normalized spacial score (nSPS) is 12.4. The summed E-state index contributed by atoms with van der Waals surface area (Å²) in [4.78, 5) is 22.5. The lowest BCUT2D eigenvalue weighted by atomic mass is 9.96. The minimum absolute atomic E-state index is 0.274. The molecule has 0 aliphatic carbocycles. The molecule has 0 spiro atoms. The lowest BCUT2D eigenvalue weighted by Gasteiger charge is -2.33. The van der Waals surface area contributed by atoms with E-state index in [-0.39, 0.29) is 13.2 Å². The van der Waals surface area contributed by atoms with Gasteiger partial charge in [0, 0.05) is 45.3 Å². The van der Waals surface area contributed by atoms with Crippen LogP contribution in [0.4, 0.5) is 0 Å². The van der Waals surface area contributed by atoms with E-state index in [1.807, 2.05) is 13.8 Å². The van der Waals surface area contributed by atoms with E-state index in [4.69, 9.17) is 18.9 Å². The van der Waals surface area contributed by atoms with Crippen LogP contribution in [0.25, 0.3) is 0 Å². The van der Waals surface area contributed by atoms with Gasteiger partial charge in [0.2, 0.25) is 11.6 Å². The molecule has 132 valence electrons. The average Bonchev–Trinajstić information content (AvgIpc) is 2.42. The molecule has 6 heteroatoms. The number of ether oxygens (including phenoxy) is 4. The third-order valence-corrected chi connectivity index (χ3v) is 2.65. The molecule has 0 fully saturated rings. The molecular weight excluding hydrogens is 300 g/mol. The Hall–Kier alpha value is -1.66. The van der Waals surface area contributed by atoms with Gasteiger partial charge in [-0.1, -0.05) is 27.0 Å². The summed E-state index contributed by atoms with van der Waals surface area (Å²) in [5, 5.41) is 0. The van der Waals surface area contributed by atoms with E-state index >= 15 is 0 Å². The molecule has 23 heavy (non-hydrogen) atoms. The van der Waals surface area contributed by atoms with Crippen molar-refractivity contribution in [3.05, 3.63) is 25.3 Å². The largest absolute Gasteiger partial charge is 0.431 e. The van der Waals surface area contributed by atoms with Gasteiger partial charge in [0.15, 0.2) is 0 Å². The molecule has 0 bridgehead atoms. The number of carbonyl (C=O) groups excluding carboxylic acids is 2. The van der Waals surface area contributed by atoms with Gasteiger partial charge >= 0.3 is 11.9 Å². The Bertz CT molecular complexity index is 408. The van der Waals surface area contributed by atoms with E-state index in [9.17, 15) is 9.59 Å². The van der Waals surface area contributed by atoms with Crippen LogP contribution in [-0.2, 0) is 28.5 Å². The maximum absolute atomic E-state index is 11.2. The molecule has 0 aliphatic rings. The summed E-state index contributed by atoms with van der Waals surface area (Å²) in [6.07, 6.45) is 2.16. The second-order valence-corrected chi connectivity index (χ2v) is 6.79. The Morgan fingerprint density at radius 3 is 1.35 bits per heavy atom. The Labute approximate surface area is 138 Å². The van der Waals surface area contributed by atoms with Gasteiger partial charge in [-0.15, -0.1) is 0 Å². The van der Waals surface area contributed by atoms with Gasteiger partial charge in [0.25, 0.3) is 0 Å². The third kappa shape index (κ3) is 9.86. The summed E-state index contributed by atoms with van der Waals surface area (Å²) in [5.74, 6) is -3.26. The molecule has 6 nitrogen and oxygen atoms in total. The molecular formula is C17H28O6. The average molecular weight is 328 g/mol. The first-order valence-corrected chi connectivity index (χ1v) is 7.31. The van der Waals surface area contributed by atoms with Crippen LogP contribution in [0.1, 0.15) is 41.5 Å². The van der Waals surface area contributed by atoms with Crippen molar-refractivity contribution in [2.75, 3.05) is 13.2 Å². The second-order valence-electron chi connectivity index (χ2n) is 6.79. The maximum Gasteiger partial charge on any atom is 0.332 e. The Morgan fingerprint density at radius 1 is 0.783 bits per heavy atom. The van der Waals surface area contributed by atoms with Crippen LogP contribution in [0, 0.1) is 5.41 Å². The molecule has 0 N–H and O–H groups in total. The van der Waals surface area contributed by atoms with Crippen LogP contribution in [0.15, 0.2) is 25.3 Å². The first-order valence-electron chi connectivity index (χ1n) is 7.31. The number of hydrogen-bond acceptors (Lipinski definition) is 6. The van der Waals surface area contributed by atoms with Gasteiger partial charge in [0.05, 0.1) is 13.2 Å². The summed E-state index contributed by atoms with van der Waals surface area (Å²) in [7, 11) is 0. The van der Waals surface area contributed by atoms with Crippen LogP contribution in [0.2, 0.25) is 0 Å². The SMILES string of the molecule is C=CC(=O)OC(C)(C)OCC(C)(C)COC(C)(C)OC(=O)C=C. The van der Waals surface area contributed by atoms with Crippen molar-refractivity contribution in [3.63, 3.8) is 0 Å². The topological polar surface area (TPSA) is 71.1 Å². The summed E-state index contributed by atoms with van der Waals surface area (Å²) >= 11 is 0. The fourth-order valence-corrected chi connectivity index (χ4v) is 1.41. The molecule has 0 aliphatic heterocycles. The highest BCUT2D eigenvalue weighted by atomic mass is 16.7. The van der Waals surface area contributed by atoms with Crippen molar-refractivity contribution in [2.45, 2.75) is 53.1 Å². The van der Waals surface area contributed by atoms with E-state index in [1.165, 1.54) is 0 Å². The number of carbonyl (C=O) groups is 2. The summed E-state index contributed by atoms with van der Waals surface area (Å²) < 4.78 is 21.5. The molecule has 0 saturated carbocycles. The first-order chi connectivity index (χ1) is 10.3. The van der Waals surface area contributed by atoms with Crippen molar-refractivity contribution in [1.82, 2.24) is 0 Å². The monoisotopic (exact) mass is 328 g/mol. The van der Waals surface area contributed by atoms with Gasteiger partial charge in [-0.3, -0.25) is 0 Å². The van der Waals surface area contributed by atoms with Crippen LogP contribution in [-0.4, -0.2) is 36.7 Å². The zero-order valence-electron chi connectivity index (χ0n) is 14.9. The molecule has 0 amide bonds. The summed E-state index contributed by atoms with van der Waals surface area (Å²) in [6.45, 7) is 17.6. The van der Waals surface area contributed by atoms with Gasteiger partial charge in [0.1, 0.15) is 0 Å². The van der Waals surface area contributed by atoms with Crippen molar-refractivity contribution in [3.8, 4) is 0 Å². The highest BCUT2D eigenvalue weighted by molar-refractivity contribution is 5.81. The zero-order chi connectivity index (χ0) is 18.3. The van der Waals surface area contributed by atoms with Gasteiger partial charge < -0.3 is 18.9 Å². The molecule has 0 radical (unpaired) electrons. The Morgan fingerprint density at radius 2 is 1.09 bits per heavy atom. The molecule has 0 saturated heterocycles. The zero-order valence-corrected chi connectivity index (χ0v) is 14.9. The fraction of sp³-hybridized carbons (Fsp3) is 0.647. The van der Waals surface area contributed by atoms with Gasteiger partial charge in [-0.25, -0.2) is 9.59 Å². The Balaban J connectivity index is 4.48. The quantitative estimate of drug-likeness (QED) is 0.349. The molecule has 0 aromatic heterocycles. The van der Waals surface area contributed by atoms with Crippen LogP contribution < -0.4 is 0 Å². The van der Waals surface area contributed by atoms with Gasteiger partial charge in [-0.05, 0) is 0 Å². The highest BCUT2D eigenvalue weighted by Gasteiger charge is 2.31. The minimum atomic E-state index is -1.08. The van der Waals surface area contributed by atoms with Crippen molar-refractivity contribution in [1.29, 1.82) is 0 Å². The van der Waals surface area contributed by atoms with Crippen LogP contribution in [0.3, 0.4) is 0 Å². The summed E-state index contributed by atoms with van der Waals surface area (Å²) in [6, 6.07) is 0. The van der Waals surface area contributed by atoms with Crippen molar-refractivity contribution < 1.29 is 28.5 Å². The number of esters is 2. The van der Waals surface area contributed by atoms with E-state index in [0.717, 1.165) is 12.2 Å². The lowest BCUT2D eigenvalue weighted by molar-refractivity contribution is -0.239. The molecule has 0 rings (SSSR count). The van der Waals surface area contributed by atoms with Crippen LogP contribution >= 0.6 is 0 Å². The standard InChI is InChI=1S/C17H28O6/c1-9-13(18)22-16(5,6)20-11-15(3,4)12-21-17(7,8)23-14(19)10-2/h9-10H,1-2,11-12H2,3-8H3. The van der Waals surface area contributed by atoms with Crippen LogP contribution in [0.5, 0.6) is 0 Å². The van der Waals surface area contributed by atoms with Crippen molar-refractivity contribution in [2.24, 2.45) is 5.41 Å². The third-order valence-electron chi connectivity index (χ3n) is 2.65. The Kier molecular flexibility index (Phi) is 7.67. The lowest BCUT2D eigenvalue weighted by Crippen LogP contribution is -2.39. The minimum Gasteiger partial charge on any atom is -0.431 e. The smallest absolute Gasteiger partial charge is 0.332 e. The molecule has 0 unspecified atom stereocenters. The first kappa shape index (κ1) is 21.3. The van der Waals surface area contributed by atoms with E-state index in [0.29, 0.717) is 0 Å². The molecule has 0 aromatic rings. The predicted molar refractivity (Wildman–Crippen MR) is 86.4 cm³/mol. The maximum atomic E-state index is 11.2. The molecule has 0 aromatic carbocycles. The van der Waals surface area contributed by atoms with Crippen molar-refractivity contribution >= 4 is 11.9 Å². The summed E-state index contributed by atoms with van der Waals surface area (Å²) in [5.41, 5.74) is -0.393. The highest BCUT2D eigenvalue weighted by Crippen LogP contribution is 2.24. The van der Waals surface area contributed by atoms with E-state index in [1.54, 1.807) is 27.7 Å². The second kappa shape index (κ2) is 8.26. The number of hydrogen-bond donors (Lipinski definition) is 0.